The Labute approximate surface area is 234 Å². The van der Waals surface area contributed by atoms with Crippen LogP contribution in [-0.2, 0) is 28.4 Å². The summed E-state index contributed by atoms with van der Waals surface area (Å²) in [5.74, 6) is -3.03. The third-order valence-electron chi connectivity index (χ3n) is 6.98. The summed E-state index contributed by atoms with van der Waals surface area (Å²) >= 11 is 6.73. The van der Waals surface area contributed by atoms with E-state index in [9.17, 15) is 35.1 Å². The van der Waals surface area contributed by atoms with Gasteiger partial charge in [0.2, 0.25) is 0 Å². The number of benzene rings is 4. The molecule has 5 rings (SSSR count). The molecule has 202 valence electrons. The zero-order valence-electron chi connectivity index (χ0n) is 19.6. The summed E-state index contributed by atoms with van der Waals surface area (Å²) in [7, 11) is 0. The molecule has 0 amide bonds. The lowest BCUT2D eigenvalue weighted by Crippen LogP contribution is -2.30. The van der Waals surface area contributed by atoms with Crippen molar-refractivity contribution in [2.45, 2.75) is 28.4 Å². The first-order valence-corrected chi connectivity index (χ1v) is 13.7. The maximum absolute atomic E-state index is 14.5. The molecule has 0 radical (unpaired) electrons. The average molecular weight is 676 g/mol. The Morgan fingerprint density at radius 1 is 0.538 bits per heavy atom. The number of alkyl halides is 8. The highest BCUT2D eigenvalue weighted by Crippen LogP contribution is 2.57. The van der Waals surface area contributed by atoms with Crippen LogP contribution in [0.3, 0.4) is 0 Å². The summed E-state index contributed by atoms with van der Waals surface area (Å²) in [4.78, 5) is 0. The minimum Gasteiger partial charge on any atom is -0.206 e. The number of hydrogen-bond acceptors (Lipinski definition) is 0. The van der Waals surface area contributed by atoms with Crippen molar-refractivity contribution in [3.05, 3.63) is 129 Å². The van der Waals surface area contributed by atoms with Gasteiger partial charge in [-0.15, -0.1) is 0 Å². The Kier molecular flexibility index (Phi) is 6.94. The predicted octanol–water partition coefficient (Wildman–Crippen LogP) is 10.2. The van der Waals surface area contributed by atoms with E-state index in [1.165, 1.54) is 0 Å². The molecule has 0 heterocycles. The van der Waals surface area contributed by atoms with Gasteiger partial charge < -0.3 is 0 Å². The maximum atomic E-state index is 14.5. The fourth-order valence-electron chi connectivity index (χ4n) is 5.32. The van der Waals surface area contributed by atoms with Gasteiger partial charge in [0, 0.05) is 10.7 Å². The molecule has 4 aromatic carbocycles. The van der Waals surface area contributed by atoms with Gasteiger partial charge in [-0.2, -0.15) is 26.3 Å². The van der Waals surface area contributed by atoms with Crippen LogP contribution in [0.2, 0.25) is 0 Å². The van der Waals surface area contributed by atoms with E-state index in [1.807, 2.05) is 0 Å². The van der Waals surface area contributed by atoms with Gasteiger partial charge >= 0.3 is 12.4 Å². The fraction of sp³-hybridized carbons (Fsp3) is 0.172. The summed E-state index contributed by atoms with van der Waals surface area (Å²) in [6, 6.07) is 15.4. The van der Waals surface area contributed by atoms with Crippen LogP contribution in [0, 0.1) is 11.6 Å². The van der Waals surface area contributed by atoms with Crippen molar-refractivity contribution in [3.8, 4) is 11.1 Å². The molecule has 0 saturated carbocycles. The average Bonchev–Trinajstić information content (AvgIpc) is 3.17. The minimum atomic E-state index is -5.07. The van der Waals surface area contributed by atoms with Crippen molar-refractivity contribution >= 4 is 31.9 Å². The van der Waals surface area contributed by atoms with Crippen LogP contribution in [0.1, 0.15) is 44.5 Å². The second-order valence-electron chi connectivity index (χ2n) is 9.16. The number of halogens is 10. The standard InChI is InChI=1S/C29H16Br2F8/c30-13-15-1-5-19-20-6-2-16(14-31)10-22(20)27(21(19)9-15,17-3-7-25(32)23(11-17)28(34,35)36)18-4-8-26(33)24(12-18)29(37,38)39/h1-12H,13-14H2. The fourth-order valence-corrected chi connectivity index (χ4v) is 6.02. The lowest BCUT2D eigenvalue weighted by molar-refractivity contribution is -0.140. The third-order valence-corrected chi connectivity index (χ3v) is 8.28. The molecule has 10 heteroatoms. The van der Waals surface area contributed by atoms with Crippen LogP contribution < -0.4 is 0 Å². The maximum Gasteiger partial charge on any atom is 0.419 e. The summed E-state index contributed by atoms with van der Waals surface area (Å²) < 4.78 is 112. The van der Waals surface area contributed by atoms with Gasteiger partial charge in [0.1, 0.15) is 11.6 Å². The van der Waals surface area contributed by atoms with E-state index < -0.39 is 40.5 Å². The molecule has 39 heavy (non-hydrogen) atoms. The molecule has 0 spiro atoms. The van der Waals surface area contributed by atoms with Crippen LogP contribution in [0.4, 0.5) is 35.1 Å². The van der Waals surface area contributed by atoms with E-state index in [4.69, 9.17) is 0 Å². The topological polar surface area (TPSA) is 0 Å². The summed E-state index contributed by atoms with van der Waals surface area (Å²) in [6.45, 7) is 0. The largest absolute Gasteiger partial charge is 0.419 e. The number of rotatable bonds is 4. The first-order chi connectivity index (χ1) is 18.3. The zero-order valence-corrected chi connectivity index (χ0v) is 22.8. The smallest absolute Gasteiger partial charge is 0.206 e. The van der Waals surface area contributed by atoms with E-state index in [-0.39, 0.29) is 11.1 Å². The van der Waals surface area contributed by atoms with Crippen molar-refractivity contribution < 1.29 is 35.1 Å². The van der Waals surface area contributed by atoms with Gasteiger partial charge in [0.15, 0.2) is 0 Å². The first-order valence-electron chi connectivity index (χ1n) is 11.5. The highest BCUT2D eigenvalue weighted by Gasteiger charge is 2.49. The Morgan fingerprint density at radius 2 is 0.923 bits per heavy atom. The van der Waals surface area contributed by atoms with Crippen LogP contribution in [0.15, 0.2) is 72.8 Å². The van der Waals surface area contributed by atoms with Gasteiger partial charge in [0.25, 0.3) is 0 Å². The van der Waals surface area contributed by atoms with E-state index >= 15 is 0 Å². The molecule has 1 aliphatic carbocycles. The van der Waals surface area contributed by atoms with Crippen molar-refractivity contribution in [1.82, 2.24) is 0 Å². The van der Waals surface area contributed by atoms with Gasteiger partial charge in [-0.25, -0.2) is 8.78 Å². The Morgan fingerprint density at radius 3 is 1.26 bits per heavy atom. The monoisotopic (exact) mass is 674 g/mol. The molecule has 0 aromatic heterocycles. The van der Waals surface area contributed by atoms with E-state index in [0.717, 1.165) is 12.1 Å². The van der Waals surface area contributed by atoms with Crippen LogP contribution in [0.25, 0.3) is 11.1 Å². The van der Waals surface area contributed by atoms with Crippen molar-refractivity contribution in [3.63, 3.8) is 0 Å². The van der Waals surface area contributed by atoms with Crippen molar-refractivity contribution in [2.75, 3.05) is 0 Å². The second kappa shape index (κ2) is 9.73. The molecule has 0 fully saturated rings. The van der Waals surface area contributed by atoms with E-state index in [2.05, 4.69) is 31.9 Å². The molecular formula is C29H16Br2F8. The van der Waals surface area contributed by atoms with Gasteiger partial charge in [0.05, 0.1) is 16.5 Å². The molecule has 0 saturated heterocycles. The molecule has 0 atom stereocenters. The van der Waals surface area contributed by atoms with Crippen molar-refractivity contribution in [1.29, 1.82) is 0 Å². The summed E-state index contributed by atoms with van der Waals surface area (Å²) in [5.41, 5.74) is -1.65. The van der Waals surface area contributed by atoms with Gasteiger partial charge in [-0.3, -0.25) is 0 Å². The van der Waals surface area contributed by atoms with Crippen molar-refractivity contribution in [2.24, 2.45) is 0 Å². The minimum absolute atomic E-state index is 0.102. The second-order valence-corrected chi connectivity index (χ2v) is 10.3. The number of hydrogen-bond donors (Lipinski definition) is 0. The van der Waals surface area contributed by atoms with E-state index in [1.54, 1.807) is 36.4 Å². The Balaban J connectivity index is 2.00. The molecule has 0 aliphatic heterocycles. The lowest BCUT2D eigenvalue weighted by Gasteiger charge is -2.35. The lowest BCUT2D eigenvalue weighted by atomic mass is 9.66. The molecular weight excluding hydrogens is 660 g/mol. The predicted molar refractivity (Wildman–Crippen MR) is 139 cm³/mol. The SMILES string of the molecule is Fc1ccc(C2(c3ccc(F)c(C(F)(F)F)c3)c3cc(CBr)ccc3-c3ccc(CBr)cc32)cc1C(F)(F)F. The first kappa shape index (κ1) is 27.8. The van der Waals surface area contributed by atoms with Crippen LogP contribution in [-0.4, -0.2) is 0 Å². The Hall–Kier alpha value is -2.72. The highest BCUT2D eigenvalue weighted by atomic mass is 79.9. The van der Waals surface area contributed by atoms with E-state index in [0.29, 0.717) is 68.3 Å². The molecule has 1 aliphatic rings. The molecule has 0 N–H and O–H groups in total. The molecule has 0 bridgehead atoms. The molecule has 0 unspecified atom stereocenters. The highest BCUT2D eigenvalue weighted by molar-refractivity contribution is 9.08. The summed E-state index contributed by atoms with van der Waals surface area (Å²) in [5, 5.41) is 0.710. The molecule has 0 nitrogen and oxygen atoms in total. The summed E-state index contributed by atoms with van der Waals surface area (Å²) in [6.07, 6.45) is -10.1. The normalized spacial score (nSPS) is 14.3. The van der Waals surface area contributed by atoms with Crippen LogP contribution >= 0.6 is 31.9 Å². The van der Waals surface area contributed by atoms with Gasteiger partial charge in [-0.05, 0) is 68.8 Å². The zero-order chi connectivity index (χ0) is 28.3. The van der Waals surface area contributed by atoms with Crippen LogP contribution in [0.5, 0.6) is 0 Å². The third kappa shape index (κ3) is 4.49. The Bertz CT molecular complexity index is 1470. The quantitative estimate of drug-likeness (QED) is 0.131. The molecule has 4 aromatic rings. The number of fused-ring (bicyclic) bond motifs is 3. The van der Waals surface area contributed by atoms with Gasteiger partial charge in [-0.1, -0.05) is 80.4 Å².